The smallest absolute Gasteiger partial charge is 0.125 e. The third kappa shape index (κ3) is 5.52. The van der Waals surface area contributed by atoms with E-state index in [0.29, 0.717) is 11.3 Å². The molecule has 0 saturated heterocycles. The topological polar surface area (TPSA) is 44.6 Å². The fourth-order valence-corrected chi connectivity index (χ4v) is 2.16. The Morgan fingerprint density at radius 1 is 1.00 bits per heavy atom. The lowest BCUT2D eigenvalue weighted by atomic mass is 10.1. The molecule has 0 atom stereocenters. The Morgan fingerprint density at radius 3 is 2.14 bits per heavy atom. The second kappa shape index (κ2) is 8.85. The molecule has 2 rings (SSSR count). The first kappa shape index (κ1) is 17.7. The minimum absolute atomic E-state index is 0.202. The van der Waals surface area contributed by atoms with E-state index in [9.17, 15) is 5.11 Å². The van der Waals surface area contributed by atoms with Crippen molar-refractivity contribution < 1.29 is 5.11 Å². The highest BCUT2D eigenvalue weighted by Gasteiger charge is 2.05. The number of hydrogen-bond donors (Lipinski definition) is 2. The zero-order valence-corrected chi connectivity index (χ0v) is 15.4. The number of benzene rings is 2. The molecule has 0 unspecified atom stereocenters. The maximum Gasteiger partial charge on any atom is 0.125 e. The van der Waals surface area contributed by atoms with Crippen molar-refractivity contribution in [2.45, 2.75) is 20.8 Å². The van der Waals surface area contributed by atoms with Crippen molar-refractivity contribution in [3.8, 4) is 5.75 Å². The third-order valence-corrected chi connectivity index (χ3v) is 3.57. The summed E-state index contributed by atoms with van der Waals surface area (Å²) in [5.41, 5.74) is 5.26. The Hall–Kier alpha value is -1.33. The van der Waals surface area contributed by atoms with Crippen LogP contribution in [0, 0.1) is 0 Å². The van der Waals surface area contributed by atoms with Crippen LogP contribution in [-0.4, -0.2) is 10.8 Å². The fourth-order valence-electron chi connectivity index (χ4n) is 1.54. The van der Waals surface area contributed by atoms with Crippen molar-refractivity contribution in [2.75, 3.05) is 5.43 Å². The van der Waals surface area contributed by atoms with Crippen LogP contribution in [0.2, 0.25) is 0 Å². The van der Waals surface area contributed by atoms with E-state index in [2.05, 4.69) is 42.4 Å². The molecule has 0 radical (unpaired) electrons. The highest BCUT2D eigenvalue weighted by molar-refractivity contribution is 9.10. The number of rotatable bonds is 3. The molecule has 0 amide bonds. The van der Waals surface area contributed by atoms with Gasteiger partial charge in [0.2, 0.25) is 0 Å². The predicted molar refractivity (Wildman–Crippen MR) is 97.1 cm³/mol. The molecule has 0 aliphatic rings. The molecule has 0 bridgehead atoms. The Morgan fingerprint density at radius 2 is 1.57 bits per heavy atom. The molecule has 0 aromatic heterocycles. The molecule has 2 N–H and O–H groups in total. The number of hydrazone groups is 1. The van der Waals surface area contributed by atoms with E-state index in [1.807, 2.05) is 57.2 Å². The van der Waals surface area contributed by atoms with Crippen LogP contribution in [-0.2, 0) is 0 Å². The van der Waals surface area contributed by atoms with Crippen molar-refractivity contribution in [1.82, 2.24) is 0 Å². The highest BCUT2D eigenvalue weighted by atomic mass is 79.9. The lowest BCUT2D eigenvalue weighted by Crippen LogP contribution is -2.00. The van der Waals surface area contributed by atoms with Gasteiger partial charge in [-0.3, -0.25) is 5.43 Å². The summed E-state index contributed by atoms with van der Waals surface area (Å²) in [5.74, 6) is 0.202. The SMILES string of the molecule is C/C(=N\Nc1ccc(Br)cc1)c1ccc(Br)cc1O.CC. The molecule has 0 heterocycles. The summed E-state index contributed by atoms with van der Waals surface area (Å²) in [6.07, 6.45) is 0. The fraction of sp³-hybridized carbons (Fsp3) is 0.188. The van der Waals surface area contributed by atoms with Gasteiger partial charge in [0, 0.05) is 14.5 Å². The third-order valence-electron chi connectivity index (χ3n) is 2.55. The highest BCUT2D eigenvalue weighted by Crippen LogP contribution is 2.23. The molecule has 3 nitrogen and oxygen atoms in total. The molecule has 0 spiro atoms. The first-order valence-corrected chi connectivity index (χ1v) is 8.19. The van der Waals surface area contributed by atoms with E-state index in [4.69, 9.17) is 0 Å². The second-order valence-corrected chi connectivity index (χ2v) is 5.81. The van der Waals surface area contributed by atoms with Gasteiger partial charge in [-0.25, -0.2) is 0 Å². The van der Waals surface area contributed by atoms with Crippen molar-refractivity contribution >= 4 is 43.3 Å². The molecule has 2 aromatic rings. The number of nitrogens with one attached hydrogen (secondary N) is 1. The maximum absolute atomic E-state index is 9.85. The van der Waals surface area contributed by atoms with Gasteiger partial charge in [-0.2, -0.15) is 5.10 Å². The summed E-state index contributed by atoms with van der Waals surface area (Å²) >= 11 is 6.69. The summed E-state index contributed by atoms with van der Waals surface area (Å²) < 4.78 is 1.85. The minimum atomic E-state index is 0.202. The monoisotopic (exact) mass is 412 g/mol. The molecular weight excluding hydrogens is 396 g/mol. The van der Waals surface area contributed by atoms with Crippen LogP contribution in [0.1, 0.15) is 26.3 Å². The van der Waals surface area contributed by atoms with Crippen molar-refractivity contribution in [3.05, 3.63) is 57.0 Å². The standard InChI is InChI=1S/C14H12Br2N2O.C2H6/c1-9(13-7-4-11(16)8-14(13)19)17-18-12-5-2-10(15)3-6-12;1-2/h2-8,18-19H,1H3;1-2H3/b17-9+;. The van der Waals surface area contributed by atoms with E-state index in [1.165, 1.54) is 0 Å². The van der Waals surface area contributed by atoms with E-state index < -0.39 is 0 Å². The van der Waals surface area contributed by atoms with Crippen LogP contribution in [0.25, 0.3) is 0 Å². The van der Waals surface area contributed by atoms with Gasteiger partial charge >= 0.3 is 0 Å². The van der Waals surface area contributed by atoms with Crippen LogP contribution in [0.15, 0.2) is 56.5 Å². The Balaban J connectivity index is 0.00000106. The molecule has 0 aliphatic heterocycles. The van der Waals surface area contributed by atoms with Gasteiger partial charge in [0.25, 0.3) is 0 Å². The van der Waals surface area contributed by atoms with Gasteiger partial charge in [0.1, 0.15) is 5.75 Å². The summed E-state index contributed by atoms with van der Waals surface area (Å²) in [7, 11) is 0. The minimum Gasteiger partial charge on any atom is -0.507 e. The zero-order chi connectivity index (χ0) is 15.8. The van der Waals surface area contributed by atoms with Gasteiger partial charge in [-0.15, -0.1) is 0 Å². The number of halogens is 2. The van der Waals surface area contributed by atoms with Crippen LogP contribution in [0.3, 0.4) is 0 Å². The second-order valence-electron chi connectivity index (χ2n) is 3.98. The van der Waals surface area contributed by atoms with Crippen molar-refractivity contribution in [3.63, 3.8) is 0 Å². The van der Waals surface area contributed by atoms with E-state index >= 15 is 0 Å². The Kier molecular flexibility index (Phi) is 7.47. The average Bonchev–Trinajstić information content (AvgIpc) is 2.48. The molecule has 2 aromatic carbocycles. The lowest BCUT2D eigenvalue weighted by Gasteiger charge is -2.06. The molecule has 21 heavy (non-hydrogen) atoms. The summed E-state index contributed by atoms with van der Waals surface area (Å²) in [4.78, 5) is 0. The normalized spacial score (nSPS) is 10.6. The zero-order valence-electron chi connectivity index (χ0n) is 12.2. The first-order valence-electron chi connectivity index (χ1n) is 6.61. The number of aromatic hydroxyl groups is 1. The van der Waals surface area contributed by atoms with Crippen LogP contribution < -0.4 is 5.43 Å². The van der Waals surface area contributed by atoms with E-state index in [1.54, 1.807) is 6.07 Å². The first-order chi connectivity index (χ1) is 10.1. The number of nitrogens with zero attached hydrogens (tertiary/aromatic N) is 1. The largest absolute Gasteiger partial charge is 0.507 e. The number of hydrogen-bond acceptors (Lipinski definition) is 3. The van der Waals surface area contributed by atoms with Gasteiger partial charge in [0.05, 0.1) is 11.4 Å². The van der Waals surface area contributed by atoms with Gasteiger partial charge in [-0.1, -0.05) is 45.7 Å². The number of phenolic OH excluding ortho intramolecular Hbond substituents is 1. The van der Waals surface area contributed by atoms with Crippen LogP contribution in [0.5, 0.6) is 5.75 Å². The summed E-state index contributed by atoms with van der Waals surface area (Å²) in [5, 5.41) is 14.1. The van der Waals surface area contributed by atoms with Gasteiger partial charge in [-0.05, 0) is 49.4 Å². The van der Waals surface area contributed by atoms with Gasteiger partial charge < -0.3 is 5.11 Å². The Labute approximate surface area is 142 Å². The molecule has 5 heteroatoms. The quantitative estimate of drug-likeness (QED) is 0.494. The van der Waals surface area contributed by atoms with Gasteiger partial charge in [0.15, 0.2) is 0 Å². The Bertz CT molecular complexity index is 610. The number of phenols is 1. The lowest BCUT2D eigenvalue weighted by molar-refractivity contribution is 0.474. The molecular formula is C16H18Br2N2O. The van der Waals surface area contributed by atoms with Crippen molar-refractivity contribution in [1.29, 1.82) is 0 Å². The predicted octanol–water partition coefficient (Wildman–Crippen LogP) is 5.78. The molecule has 0 fully saturated rings. The maximum atomic E-state index is 9.85. The molecule has 0 saturated carbocycles. The average molecular weight is 414 g/mol. The number of anilines is 1. The van der Waals surface area contributed by atoms with Crippen LogP contribution >= 0.6 is 31.9 Å². The van der Waals surface area contributed by atoms with Crippen LogP contribution in [0.4, 0.5) is 5.69 Å². The van der Waals surface area contributed by atoms with E-state index in [-0.39, 0.29) is 5.75 Å². The molecule has 112 valence electrons. The summed E-state index contributed by atoms with van der Waals surface area (Å²) in [6, 6.07) is 13.0. The van der Waals surface area contributed by atoms with E-state index in [0.717, 1.165) is 14.6 Å². The van der Waals surface area contributed by atoms with Crippen molar-refractivity contribution in [2.24, 2.45) is 5.10 Å². The summed E-state index contributed by atoms with van der Waals surface area (Å²) in [6.45, 7) is 5.84. The molecule has 0 aliphatic carbocycles.